The van der Waals surface area contributed by atoms with E-state index in [1.807, 2.05) is 0 Å². The summed E-state index contributed by atoms with van der Waals surface area (Å²) in [5.41, 5.74) is 1.20. The molecule has 2 aromatic rings. The Kier molecular flexibility index (Phi) is 3.00. The average molecular weight is 228 g/mol. The van der Waals surface area contributed by atoms with Crippen molar-refractivity contribution in [3.8, 4) is 0 Å². The molecule has 0 radical (unpaired) electrons. The number of rotatable bonds is 4. The number of nitrogens with zero attached hydrogens (tertiary/aromatic N) is 1. The fourth-order valence-corrected chi connectivity index (χ4v) is 1.23. The predicted octanol–water partition coefficient (Wildman–Crippen LogP) is 1.87. The van der Waals surface area contributed by atoms with Gasteiger partial charge in [-0.3, -0.25) is 0 Å². The molecule has 1 aromatic carbocycles. The van der Waals surface area contributed by atoms with E-state index in [0.717, 1.165) is 0 Å². The highest BCUT2D eigenvalue weighted by atomic mass is 19.3. The summed E-state index contributed by atoms with van der Waals surface area (Å²) in [7, 11) is 0. The lowest BCUT2D eigenvalue weighted by Crippen LogP contribution is -2.26. The van der Waals surface area contributed by atoms with Crippen molar-refractivity contribution < 1.29 is 18.3 Å². The van der Waals surface area contributed by atoms with Gasteiger partial charge in [0.1, 0.15) is 11.6 Å². The van der Waals surface area contributed by atoms with E-state index in [9.17, 15) is 8.78 Å². The third-order valence-electron chi connectivity index (χ3n) is 2.05. The quantitative estimate of drug-likeness (QED) is 0.838. The molecule has 1 heterocycles. The van der Waals surface area contributed by atoms with Crippen molar-refractivity contribution in [1.29, 1.82) is 0 Å². The van der Waals surface area contributed by atoms with E-state index < -0.39 is 12.5 Å². The summed E-state index contributed by atoms with van der Waals surface area (Å²) in [6.07, 6.45) is -4.51. The van der Waals surface area contributed by atoms with Crippen molar-refractivity contribution in [2.75, 3.05) is 11.9 Å². The molecule has 0 aliphatic carbocycles. The first-order chi connectivity index (χ1) is 7.66. The fourth-order valence-electron chi connectivity index (χ4n) is 1.23. The molecular weight excluding hydrogens is 218 g/mol. The first-order valence-electron chi connectivity index (χ1n) is 4.72. The smallest absolute Gasteiger partial charge is 0.295 e. The summed E-state index contributed by atoms with van der Waals surface area (Å²) in [6, 6.07) is 7.17. The van der Waals surface area contributed by atoms with Crippen LogP contribution < -0.4 is 5.32 Å². The van der Waals surface area contributed by atoms with Crippen molar-refractivity contribution in [1.82, 2.24) is 4.98 Å². The van der Waals surface area contributed by atoms with Crippen LogP contribution >= 0.6 is 0 Å². The molecule has 2 N–H and O–H groups in total. The Hall–Kier alpha value is -1.69. The Bertz CT molecular complexity index is 440. The van der Waals surface area contributed by atoms with Gasteiger partial charge < -0.3 is 14.8 Å². The Morgan fingerprint density at radius 1 is 1.38 bits per heavy atom. The molecule has 0 fully saturated rings. The van der Waals surface area contributed by atoms with Crippen LogP contribution in [0.1, 0.15) is 0 Å². The maximum Gasteiger partial charge on any atom is 0.295 e. The highest BCUT2D eigenvalue weighted by Crippen LogP contribution is 2.18. The number of aliphatic hydroxyl groups excluding tert-OH is 1. The summed E-state index contributed by atoms with van der Waals surface area (Å²) in [5, 5.41) is 11.4. The zero-order valence-electron chi connectivity index (χ0n) is 8.23. The van der Waals surface area contributed by atoms with Gasteiger partial charge in [-0.15, -0.1) is 0 Å². The lowest BCUT2D eigenvalue weighted by Gasteiger charge is -2.08. The SMILES string of the molecule is OC(CNc1nc2ccccc2o1)C(F)F. The second-order valence-electron chi connectivity index (χ2n) is 3.27. The molecule has 6 heteroatoms. The minimum absolute atomic E-state index is 0.126. The normalized spacial score (nSPS) is 13.2. The number of oxazole rings is 1. The molecule has 0 spiro atoms. The first-order valence-corrected chi connectivity index (χ1v) is 4.72. The van der Waals surface area contributed by atoms with Crippen LogP contribution in [0, 0.1) is 0 Å². The molecule has 86 valence electrons. The van der Waals surface area contributed by atoms with Crippen molar-refractivity contribution in [2.45, 2.75) is 12.5 Å². The molecular formula is C10H10F2N2O2. The highest BCUT2D eigenvalue weighted by molar-refractivity contribution is 5.74. The van der Waals surface area contributed by atoms with Gasteiger partial charge in [0.25, 0.3) is 12.4 Å². The summed E-state index contributed by atoms with van der Waals surface area (Å²) in [4.78, 5) is 4.01. The van der Waals surface area contributed by atoms with Crippen LogP contribution in [0.2, 0.25) is 0 Å². The van der Waals surface area contributed by atoms with Crippen LogP contribution in [-0.2, 0) is 0 Å². The molecule has 1 unspecified atom stereocenters. The third kappa shape index (κ3) is 2.27. The maximum absolute atomic E-state index is 12.0. The topological polar surface area (TPSA) is 58.3 Å². The van der Waals surface area contributed by atoms with Crippen LogP contribution in [0.5, 0.6) is 0 Å². The maximum atomic E-state index is 12.0. The minimum atomic E-state index is -2.78. The molecule has 0 saturated heterocycles. The van der Waals surface area contributed by atoms with Gasteiger partial charge in [-0.2, -0.15) is 4.98 Å². The van der Waals surface area contributed by atoms with Crippen LogP contribution in [0.4, 0.5) is 14.8 Å². The molecule has 4 nitrogen and oxygen atoms in total. The van der Waals surface area contributed by atoms with Gasteiger partial charge in [-0.05, 0) is 12.1 Å². The Labute approximate surface area is 89.9 Å². The van der Waals surface area contributed by atoms with Crippen molar-refractivity contribution in [2.24, 2.45) is 0 Å². The lowest BCUT2D eigenvalue weighted by atomic mass is 10.3. The number of halogens is 2. The molecule has 0 saturated carbocycles. The third-order valence-corrected chi connectivity index (χ3v) is 2.05. The van der Waals surface area contributed by atoms with Gasteiger partial charge in [0.2, 0.25) is 0 Å². The number of anilines is 1. The number of alkyl halides is 2. The fraction of sp³-hybridized carbons (Fsp3) is 0.300. The van der Waals surface area contributed by atoms with E-state index in [2.05, 4.69) is 10.3 Å². The Balaban J connectivity index is 2.05. The van der Waals surface area contributed by atoms with Crippen molar-refractivity contribution in [3.05, 3.63) is 24.3 Å². The second kappa shape index (κ2) is 4.44. The molecule has 16 heavy (non-hydrogen) atoms. The van der Waals surface area contributed by atoms with Gasteiger partial charge in [0, 0.05) is 0 Å². The highest BCUT2D eigenvalue weighted by Gasteiger charge is 2.17. The van der Waals surface area contributed by atoms with Gasteiger partial charge in [0.05, 0.1) is 6.54 Å². The average Bonchev–Trinajstić information content (AvgIpc) is 2.68. The van der Waals surface area contributed by atoms with Crippen LogP contribution in [0.25, 0.3) is 11.1 Å². The molecule has 0 amide bonds. The molecule has 0 aliphatic rings. The predicted molar refractivity (Wildman–Crippen MR) is 54.5 cm³/mol. The molecule has 0 aliphatic heterocycles. The number of fused-ring (bicyclic) bond motifs is 1. The van der Waals surface area contributed by atoms with E-state index >= 15 is 0 Å². The summed E-state index contributed by atoms with van der Waals surface area (Å²) in [6.45, 7) is -0.301. The van der Waals surface area contributed by atoms with E-state index in [0.29, 0.717) is 11.1 Å². The van der Waals surface area contributed by atoms with Crippen LogP contribution in [0.3, 0.4) is 0 Å². The number of aromatic nitrogens is 1. The van der Waals surface area contributed by atoms with Crippen LogP contribution in [-0.4, -0.2) is 29.2 Å². The van der Waals surface area contributed by atoms with E-state index in [1.165, 1.54) is 0 Å². The molecule has 0 bridgehead atoms. The molecule has 1 atom stereocenters. The van der Waals surface area contributed by atoms with E-state index in [4.69, 9.17) is 9.52 Å². The number of nitrogens with one attached hydrogen (secondary N) is 1. The first kappa shape index (κ1) is 10.8. The summed E-state index contributed by atoms with van der Waals surface area (Å²) in [5.74, 6) is 0. The van der Waals surface area contributed by atoms with E-state index in [1.54, 1.807) is 24.3 Å². The Morgan fingerprint density at radius 2 is 2.12 bits per heavy atom. The zero-order chi connectivity index (χ0) is 11.5. The summed E-state index contributed by atoms with van der Waals surface area (Å²) >= 11 is 0. The molecule has 2 rings (SSSR count). The molecule has 1 aromatic heterocycles. The Morgan fingerprint density at radius 3 is 2.81 bits per heavy atom. The number of para-hydroxylation sites is 2. The van der Waals surface area contributed by atoms with Gasteiger partial charge in [-0.25, -0.2) is 8.78 Å². The minimum Gasteiger partial charge on any atom is -0.424 e. The zero-order valence-corrected chi connectivity index (χ0v) is 8.23. The summed E-state index contributed by atoms with van der Waals surface area (Å²) < 4.78 is 29.2. The van der Waals surface area contributed by atoms with E-state index in [-0.39, 0.29) is 12.6 Å². The second-order valence-corrected chi connectivity index (χ2v) is 3.27. The van der Waals surface area contributed by atoms with Gasteiger partial charge >= 0.3 is 0 Å². The number of hydrogen-bond acceptors (Lipinski definition) is 4. The monoisotopic (exact) mass is 228 g/mol. The largest absolute Gasteiger partial charge is 0.424 e. The number of aliphatic hydroxyl groups is 1. The number of hydrogen-bond donors (Lipinski definition) is 2. The van der Waals surface area contributed by atoms with Crippen molar-refractivity contribution in [3.63, 3.8) is 0 Å². The van der Waals surface area contributed by atoms with Gasteiger partial charge in [0.15, 0.2) is 5.58 Å². The lowest BCUT2D eigenvalue weighted by molar-refractivity contribution is 0.00362. The van der Waals surface area contributed by atoms with Crippen molar-refractivity contribution >= 4 is 17.1 Å². The number of benzene rings is 1. The van der Waals surface area contributed by atoms with Crippen LogP contribution in [0.15, 0.2) is 28.7 Å². The standard InChI is InChI=1S/C10H10F2N2O2/c11-9(12)7(15)5-13-10-14-6-3-1-2-4-8(6)16-10/h1-4,7,9,15H,5H2,(H,13,14). The van der Waals surface area contributed by atoms with Gasteiger partial charge in [-0.1, -0.05) is 12.1 Å².